The molecule has 0 fully saturated rings. The first kappa shape index (κ1) is 16.1. The Morgan fingerprint density at radius 2 is 2.12 bits per heavy atom. The second-order valence-electron chi connectivity index (χ2n) is 5.07. The summed E-state index contributed by atoms with van der Waals surface area (Å²) in [6, 6.07) is 7.52. The Labute approximate surface area is 141 Å². The molecule has 3 rings (SSSR count). The number of nitrogens with zero attached hydrogens (tertiary/aromatic N) is 3. The number of hydrogen-bond acceptors (Lipinski definition) is 5. The lowest BCUT2D eigenvalue weighted by atomic mass is 10.3. The van der Waals surface area contributed by atoms with E-state index in [-0.39, 0.29) is 24.8 Å². The Bertz CT molecular complexity index is 829. The van der Waals surface area contributed by atoms with E-state index < -0.39 is 0 Å². The number of aromatic nitrogens is 3. The summed E-state index contributed by atoms with van der Waals surface area (Å²) in [6.07, 6.45) is 1.92. The van der Waals surface area contributed by atoms with Crippen LogP contribution in [0.25, 0.3) is 0 Å². The number of thiazole rings is 1. The van der Waals surface area contributed by atoms with Crippen molar-refractivity contribution in [3.63, 3.8) is 0 Å². The monoisotopic (exact) mass is 346 g/mol. The molecule has 1 amide bonds. The highest BCUT2D eigenvalue weighted by Crippen LogP contribution is 2.16. The molecule has 2 aromatic heterocycles. The van der Waals surface area contributed by atoms with Gasteiger partial charge in [0.2, 0.25) is 5.91 Å². The van der Waals surface area contributed by atoms with Gasteiger partial charge in [-0.2, -0.15) is 5.10 Å². The van der Waals surface area contributed by atoms with Gasteiger partial charge in [0.05, 0.1) is 12.1 Å². The number of nitrogens with one attached hydrogen (secondary N) is 1. The van der Waals surface area contributed by atoms with Crippen LogP contribution >= 0.6 is 11.3 Å². The van der Waals surface area contributed by atoms with Gasteiger partial charge in [0.15, 0.2) is 5.82 Å². The third kappa shape index (κ3) is 4.39. The number of rotatable bonds is 6. The number of halogens is 1. The van der Waals surface area contributed by atoms with Crippen LogP contribution in [-0.2, 0) is 24.9 Å². The Hall–Kier alpha value is -2.74. The van der Waals surface area contributed by atoms with Crippen molar-refractivity contribution in [2.24, 2.45) is 7.05 Å². The fourth-order valence-corrected chi connectivity index (χ4v) is 2.71. The molecule has 0 unspecified atom stereocenters. The largest absolute Gasteiger partial charge is 0.486 e. The lowest BCUT2D eigenvalue weighted by molar-refractivity contribution is -0.115. The van der Waals surface area contributed by atoms with Gasteiger partial charge in [-0.3, -0.25) is 9.48 Å². The molecular weight excluding hydrogens is 331 g/mol. The van der Waals surface area contributed by atoms with Crippen molar-refractivity contribution in [2.45, 2.75) is 13.0 Å². The van der Waals surface area contributed by atoms with Gasteiger partial charge in [-0.05, 0) is 24.3 Å². The molecule has 0 radical (unpaired) electrons. The highest BCUT2D eigenvalue weighted by molar-refractivity contribution is 7.09. The summed E-state index contributed by atoms with van der Waals surface area (Å²) in [7, 11) is 1.78. The van der Waals surface area contributed by atoms with Crippen LogP contribution in [0.3, 0.4) is 0 Å². The van der Waals surface area contributed by atoms with E-state index in [0.717, 1.165) is 5.01 Å². The van der Waals surface area contributed by atoms with Crippen LogP contribution in [-0.4, -0.2) is 20.7 Å². The van der Waals surface area contributed by atoms with Crippen LogP contribution in [0.1, 0.15) is 10.7 Å². The van der Waals surface area contributed by atoms with Gasteiger partial charge in [-0.15, -0.1) is 11.3 Å². The van der Waals surface area contributed by atoms with E-state index in [2.05, 4.69) is 15.4 Å². The molecule has 0 atom stereocenters. The summed E-state index contributed by atoms with van der Waals surface area (Å²) in [5.74, 6) is 0.599. The molecular formula is C16H15FN4O2S. The van der Waals surface area contributed by atoms with E-state index in [4.69, 9.17) is 4.74 Å². The summed E-state index contributed by atoms with van der Waals surface area (Å²) in [4.78, 5) is 16.3. The van der Waals surface area contributed by atoms with Crippen molar-refractivity contribution in [1.82, 2.24) is 14.8 Å². The third-order valence-electron chi connectivity index (χ3n) is 3.10. The summed E-state index contributed by atoms with van der Waals surface area (Å²) >= 11 is 1.41. The van der Waals surface area contributed by atoms with Crippen molar-refractivity contribution in [2.75, 3.05) is 5.32 Å². The summed E-state index contributed by atoms with van der Waals surface area (Å²) < 4.78 is 20.0. The Balaban J connectivity index is 1.51. The van der Waals surface area contributed by atoms with Gasteiger partial charge in [0, 0.05) is 24.7 Å². The van der Waals surface area contributed by atoms with Gasteiger partial charge in [0.25, 0.3) is 0 Å². The number of benzene rings is 1. The first-order valence-corrected chi connectivity index (χ1v) is 8.07. The SMILES string of the molecule is Cn1ccc(NC(=O)Cc2csc(COc3ccc(F)cc3)n2)n1. The Morgan fingerprint density at radius 1 is 1.33 bits per heavy atom. The Kier molecular flexibility index (Phi) is 4.85. The van der Waals surface area contributed by atoms with Gasteiger partial charge in [-0.1, -0.05) is 0 Å². The maximum absolute atomic E-state index is 12.8. The fourth-order valence-electron chi connectivity index (χ4n) is 2.01. The number of anilines is 1. The molecule has 124 valence electrons. The normalized spacial score (nSPS) is 10.6. The van der Waals surface area contributed by atoms with Crippen LogP contribution in [0.2, 0.25) is 0 Å². The summed E-state index contributed by atoms with van der Waals surface area (Å²) in [6.45, 7) is 0.276. The van der Waals surface area contributed by atoms with Crippen LogP contribution in [0.5, 0.6) is 5.75 Å². The summed E-state index contributed by atoms with van der Waals surface area (Å²) in [5.41, 5.74) is 0.672. The number of ether oxygens (including phenoxy) is 1. The third-order valence-corrected chi connectivity index (χ3v) is 3.97. The highest BCUT2D eigenvalue weighted by Gasteiger charge is 2.10. The molecule has 0 aliphatic carbocycles. The second-order valence-corrected chi connectivity index (χ2v) is 6.02. The minimum absolute atomic E-state index is 0.170. The highest BCUT2D eigenvalue weighted by atomic mass is 32.1. The zero-order valence-electron chi connectivity index (χ0n) is 12.9. The molecule has 0 aliphatic heterocycles. The molecule has 3 aromatic rings. The molecule has 2 heterocycles. The molecule has 24 heavy (non-hydrogen) atoms. The lowest BCUT2D eigenvalue weighted by Crippen LogP contribution is -2.15. The zero-order valence-corrected chi connectivity index (χ0v) is 13.7. The molecule has 0 saturated heterocycles. The quantitative estimate of drug-likeness (QED) is 0.745. The lowest BCUT2D eigenvalue weighted by Gasteiger charge is -2.03. The van der Waals surface area contributed by atoms with E-state index in [1.165, 1.54) is 23.5 Å². The van der Waals surface area contributed by atoms with Crippen molar-refractivity contribution in [3.8, 4) is 5.75 Å². The average Bonchev–Trinajstić information content (AvgIpc) is 3.16. The minimum Gasteiger partial charge on any atom is -0.486 e. The van der Waals surface area contributed by atoms with Crippen molar-refractivity contribution in [1.29, 1.82) is 0 Å². The number of hydrogen-bond donors (Lipinski definition) is 1. The first-order chi connectivity index (χ1) is 11.6. The number of carbonyl (C=O) groups excluding carboxylic acids is 1. The fraction of sp³-hybridized carbons (Fsp3) is 0.188. The van der Waals surface area contributed by atoms with Crippen LogP contribution in [0.15, 0.2) is 41.9 Å². The average molecular weight is 346 g/mol. The number of amides is 1. The number of carbonyl (C=O) groups is 1. The number of aryl methyl sites for hydroxylation is 1. The van der Waals surface area contributed by atoms with E-state index in [0.29, 0.717) is 17.3 Å². The smallest absolute Gasteiger partial charge is 0.231 e. The van der Waals surface area contributed by atoms with Crippen molar-refractivity contribution >= 4 is 23.1 Å². The second kappa shape index (κ2) is 7.22. The predicted molar refractivity (Wildman–Crippen MR) is 88.4 cm³/mol. The predicted octanol–water partition coefficient (Wildman–Crippen LogP) is 2.78. The van der Waals surface area contributed by atoms with Crippen LogP contribution in [0.4, 0.5) is 10.2 Å². The minimum atomic E-state index is -0.308. The van der Waals surface area contributed by atoms with Gasteiger partial charge >= 0.3 is 0 Å². The molecule has 0 aliphatic rings. The van der Waals surface area contributed by atoms with Gasteiger partial charge in [0.1, 0.15) is 23.2 Å². The van der Waals surface area contributed by atoms with Gasteiger partial charge < -0.3 is 10.1 Å². The standard InChI is InChI=1S/C16H15FN4O2S/c1-21-7-6-14(20-21)19-15(22)8-12-10-24-16(18-12)9-23-13-4-2-11(17)3-5-13/h2-7,10H,8-9H2,1H3,(H,19,20,22). The maximum atomic E-state index is 12.8. The van der Waals surface area contributed by atoms with E-state index >= 15 is 0 Å². The topological polar surface area (TPSA) is 69.0 Å². The summed E-state index contributed by atoms with van der Waals surface area (Å²) in [5, 5.41) is 9.37. The molecule has 1 aromatic carbocycles. The molecule has 8 heteroatoms. The molecule has 6 nitrogen and oxygen atoms in total. The van der Waals surface area contributed by atoms with E-state index in [1.54, 1.807) is 36.1 Å². The van der Waals surface area contributed by atoms with Crippen LogP contribution in [0, 0.1) is 5.82 Å². The molecule has 0 spiro atoms. The molecule has 0 saturated carbocycles. The van der Waals surface area contributed by atoms with Crippen LogP contribution < -0.4 is 10.1 Å². The molecule has 1 N–H and O–H groups in total. The van der Waals surface area contributed by atoms with Crippen molar-refractivity contribution < 1.29 is 13.9 Å². The van der Waals surface area contributed by atoms with E-state index in [9.17, 15) is 9.18 Å². The first-order valence-electron chi connectivity index (χ1n) is 7.19. The maximum Gasteiger partial charge on any atom is 0.231 e. The zero-order chi connectivity index (χ0) is 16.9. The van der Waals surface area contributed by atoms with Gasteiger partial charge in [-0.25, -0.2) is 9.37 Å². The van der Waals surface area contributed by atoms with E-state index in [1.807, 2.05) is 5.38 Å². The molecule has 0 bridgehead atoms. The van der Waals surface area contributed by atoms with Crippen molar-refractivity contribution in [3.05, 3.63) is 58.4 Å². The Morgan fingerprint density at radius 3 is 2.83 bits per heavy atom.